The summed E-state index contributed by atoms with van der Waals surface area (Å²) in [7, 11) is 1.61. The minimum Gasteiger partial charge on any atom is -0.497 e. The first-order valence-corrected chi connectivity index (χ1v) is 6.93. The molecule has 0 radical (unpaired) electrons. The molecule has 0 aromatic heterocycles. The number of anilines is 1. The Morgan fingerprint density at radius 1 is 1.24 bits per heavy atom. The van der Waals surface area contributed by atoms with Crippen LogP contribution in [0, 0.1) is 0 Å². The van der Waals surface area contributed by atoms with Crippen LogP contribution in [0.3, 0.4) is 0 Å². The lowest BCUT2D eigenvalue weighted by atomic mass is 10.1. The van der Waals surface area contributed by atoms with Crippen LogP contribution in [0.4, 0.5) is 5.69 Å². The Morgan fingerprint density at radius 2 is 2.14 bits per heavy atom. The summed E-state index contributed by atoms with van der Waals surface area (Å²) in [6.45, 7) is 1.17. The van der Waals surface area contributed by atoms with Crippen molar-refractivity contribution in [2.75, 3.05) is 19.0 Å². The Balaban J connectivity index is 1.66. The van der Waals surface area contributed by atoms with Gasteiger partial charge in [-0.25, -0.2) is 4.79 Å². The van der Waals surface area contributed by atoms with Crippen LogP contribution in [0.1, 0.15) is 21.5 Å². The number of carbonyl (C=O) groups is 1. The molecule has 2 aromatic rings. The molecule has 2 aromatic carbocycles. The second-order valence-electron chi connectivity index (χ2n) is 4.98. The zero-order valence-electron chi connectivity index (χ0n) is 11.9. The van der Waals surface area contributed by atoms with Crippen LogP contribution in [0.2, 0.25) is 0 Å². The number of hydrogen-bond donors (Lipinski definition) is 1. The number of ether oxygens (including phenoxy) is 2. The van der Waals surface area contributed by atoms with E-state index >= 15 is 0 Å². The van der Waals surface area contributed by atoms with E-state index in [1.807, 2.05) is 36.4 Å². The Kier molecular flexibility index (Phi) is 3.77. The molecule has 0 atom stereocenters. The summed E-state index contributed by atoms with van der Waals surface area (Å²) in [5.41, 5.74) is 3.79. The number of benzene rings is 2. The average molecular weight is 283 g/mol. The minimum absolute atomic E-state index is 0.241. The summed E-state index contributed by atoms with van der Waals surface area (Å²) < 4.78 is 10.5. The van der Waals surface area contributed by atoms with Gasteiger partial charge >= 0.3 is 5.97 Å². The molecule has 1 N–H and O–H groups in total. The molecule has 108 valence electrons. The van der Waals surface area contributed by atoms with Crippen LogP contribution >= 0.6 is 0 Å². The monoisotopic (exact) mass is 283 g/mol. The van der Waals surface area contributed by atoms with Gasteiger partial charge in [-0.3, -0.25) is 0 Å². The highest BCUT2D eigenvalue weighted by Crippen LogP contribution is 2.23. The molecule has 1 aliphatic rings. The van der Waals surface area contributed by atoms with Crippen LogP contribution in [-0.2, 0) is 17.8 Å². The van der Waals surface area contributed by atoms with E-state index in [9.17, 15) is 4.79 Å². The van der Waals surface area contributed by atoms with Crippen molar-refractivity contribution in [3.63, 3.8) is 0 Å². The van der Waals surface area contributed by atoms with Gasteiger partial charge in [0.25, 0.3) is 0 Å². The SMILES string of the molecule is COc1cccc(COC(=O)c2ccc3c(c2)CCN3)c1. The highest BCUT2D eigenvalue weighted by atomic mass is 16.5. The third-order valence-electron chi connectivity index (χ3n) is 3.55. The highest BCUT2D eigenvalue weighted by molar-refractivity contribution is 5.90. The number of esters is 1. The van der Waals surface area contributed by atoms with Crippen LogP contribution in [0.15, 0.2) is 42.5 Å². The van der Waals surface area contributed by atoms with Crippen molar-refractivity contribution in [3.8, 4) is 5.75 Å². The van der Waals surface area contributed by atoms with Crippen molar-refractivity contribution in [3.05, 3.63) is 59.2 Å². The quantitative estimate of drug-likeness (QED) is 0.876. The zero-order chi connectivity index (χ0) is 14.7. The lowest BCUT2D eigenvalue weighted by Gasteiger charge is -2.07. The molecule has 0 fully saturated rings. The molecule has 0 spiro atoms. The predicted octanol–water partition coefficient (Wildman–Crippen LogP) is 3.02. The topological polar surface area (TPSA) is 47.6 Å². The molecular formula is C17H17NO3. The van der Waals surface area contributed by atoms with E-state index in [1.165, 1.54) is 5.56 Å². The van der Waals surface area contributed by atoms with Crippen molar-refractivity contribution in [2.45, 2.75) is 13.0 Å². The Labute approximate surface area is 123 Å². The first kappa shape index (κ1) is 13.5. The van der Waals surface area contributed by atoms with Crippen LogP contribution < -0.4 is 10.1 Å². The molecule has 1 aliphatic heterocycles. The van der Waals surface area contributed by atoms with Crippen molar-refractivity contribution in [2.24, 2.45) is 0 Å². The van der Waals surface area contributed by atoms with E-state index in [4.69, 9.17) is 9.47 Å². The third-order valence-corrected chi connectivity index (χ3v) is 3.55. The number of hydrogen-bond acceptors (Lipinski definition) is 4. The largest absolute Gasteiger partial charge is 0.497 e. The maximum Gasteiger partial charge on any atom is 0.338 e. The van der Waals surface area contributed by atoms with E-state index in [-0.39, 0.29) is 12.6 Å². The normalized spacial score (nSPS) is 12.4. The lowest BCUT2D eigenvalue weighted by Crippen LogP contribution is -2.05. The molecule has 1 heterocycles. The third kappa shape index (κ3) is 2.99. The van der Waals surface area contributed by atoms with Crippen LogP contribution in [-0.4, -0.2) is 19.6 Å². The van der Waals surface area contributed by atoms with Gasteiger partial charge < -0.3 is 14.8 Å². The fourth-order valence-corrected chi connectivity index (χ4v) is 2.43. The highest BCUT2D eigenvalue weighted by Gasteiger charge is 2.14. The van der Waals surface area contributed by atoms with Gasteiger partial charge in [-0.05, 0) is 47.9 Å². The summed E-state index contributed by atoms with van der Waals surface area (Å²) in [5.74, 6) is 0.458. The standard InChI is InChI=1S/C17H17NO3/c1-20-15-4-2-3-12(9-15)11-21-17(19)14-5-6-16-13(10-14)7-8-18-16/h2-6,9-10,18H,7-8,11H2,1H3. The average Bonchev–Trinajstić information content (AvgIpc) is 3.00. The molecule has 0 amide bonds. The molecule has 0 aliphatic carbocycles. The fourth-order valence-electron chi connectivity index (χ4n) is 2.43. The van der Waals surface area contributed by atoms with Gasteiger partial charge in [0, 0.05) is 12.2 Å². The smallest absolute Gasteiger partial charge is 0.338 e. The number of nitrogens with one attached hydrogen (secondary N) is 1. The lowest BCUT2D eigenvalue weighted by molar-refractivity contribution is 0.0472. The molecule has 0 saturated carbocycles. The molecule has 4 heteroatoms. The van der Waals surface area contributed by atoms with Crippen molar-refractivity contribution < 1.29 is 14.3 Å². The summed E-state index contributed by atoms with van der Waals surface area (Å²) in [4.78, 5) is 12.1. The van der Waals surface area contributed by atoms with Gasteiger partial charge in [0.1, 0.15) is 12.4 Å². The molecule has 0 bridgehead atoms. The van der Waals surface area contributed by atoms with Gasteiger partial charge in [-0.15, -0.1) is 0 Å². The van der Waals surface area contributed by atoms with E-state index < -0.39 is 0 Å². The maximum atomic E-state index is 12.1. The minimum atomic E-state index is -0.299. The maximum absolute atomic E-state index is 12.1. The number of rotatable bonds is 4. The van der Waals surface area contributed by atoms with Crippen LogP contribution in [0.5, 0.6) is 5.75 Å². The van der Waals surface area contributed by atoms with Crippen molar-refractivity contribution >= 4 is 11.7 Å². The Hall–Kier alpha value is -2.49. The summed E-state index contributed by atoms with van der Waals surface area (Å²) in [6.07, 6.45) is 0.951. The summed E-state index contributed by atoms with van der Waals surface area (Å²) in [5, 5.41) is 3.27. The van der Waals surface area contributed by atoms with Gasteiger partial charge in [-0.1, -0.05) is 12.1 Å². The van der Waals surface area contributed by atoms with Crippen molar-refractivity contribution in [1.29, 1.82) is 0 Å². The number of carbonyl (C=O) groups excluding carboxylic acids is 1. The van der Waals surface area contributed by atoms with Gasteiger partial charge in [0.15, 0.2) is 0 Å². The Bertz CT molecular complexity index is 667. The second-order valence-corrected chi connectivity index (χ2v) is 4.98. The molecular weight excluding hydrogens is 266 g/mol. The molecule has 4 nitrogen and oxygen atoms in total. The molecule has 3 rings (SSSR count). The summed E-state index contributed by atoms with van der Waals surface area (Å²) in [6, 6.07) is 13.1. The van der Waals surface area contributed by atoms with Crippen molar-refractivity contribution in [1.82, 2.24) is 0 Å². The number of methoxy groups -OCH3 is 1. The summed E-state index contributed by atoms with van der Waals surface area (Å²) >= 11 is 0. The van der Waals surface area contributed by atoms with Crippen LogP contribution in [0.25, 0.3) is 0 Å². The van der Waals surface area contributed by atoms with Gasteiger partial charge in [-0.2, -0.15) is 0 Å². The molecule has 21 heavy (non-hydrogen) atoms. The first-order valence-electron chi connectivity index (χ1n) is 6.93. The van der Waals surface area contributed by atoms with Gasteiger partial charge in [0.2, 0.25) is 0 Å². The zero-order valence-corrected chi connectivity index (χ0v) is 11.9. The second kappa shape index (κ2) is 5.87. The first-order chi connectivity index (χ1) is 10.3. The predicted molar refractivity (Wildman–Crippen MR) is 80.7 cm³/mol. The number of fused-ring (bicyclic) bond motifs is 1. The van der Waals surface area contributed by atoms with E-state index in [0.29, 0.717) is 5.56 Å². The Morgan fingerprint density at radius 3 is 3.00 bits per heavy atom. The van der Waals surface area contributed by atoms with E-state index in [2.05, 4.69) is 5.32 Å². The molecule has 0 saturated heterocycles. The fraction of sp³-hybridized carbons (Fsp3) is 0.235. The molecule has 0 unspecified atom stereocenters. The van der Waals surface area contributed by atoms with E-state index in [0.717, 1.165) is 30.0 Å². The van der Waals surface area contributed by atoms with E-state index in [1.54, 1.807) is 13.2 Å². The van der Waals surface area contributed by atoms with Gasteiger partial charge in [0.05, 0.1) is 12.7 Å².